The van der Waals surface area contributed by atoms with E-state index in [9.17, 15) is 27.6 Å². The average Bonchev–Trinajstić information content (AvgIpc) is 3.51. The van der Waals surface area contributed by atoms with Gasteiger partial charge in [-0.15, -0.1) is 0 Å². The van der Waals surface area contributed by atoms with Crippen molar-refractivity contribution < 1.29 is 32.3 Å². The normalized spacial score (nSPS) is 20.8. The minimum atomic E-state index is -3.30. The van der Waals surface area contributed by atoms with Gasteiger partial charge in [0.1, 0.15) is 17.7 Å². The van der Waals surface area contributed by atoms with Crippen LogP contribution in [0.3, 0.4) is 0 Å². The first-order chi connectivity index (χ1) is 29.8. The molecule has 62 heavy (non-hydrogen) atoms. The minimum absolute atomic E-state index is 0.00259. The fraction of sp³-hybridized carbons (Fsp3) is 0.489. The molecule has 1 unspecified atom stereocenters. The van der Waals surface area contributed by atoms with Crippen molar-refractivity contribution in [2.75, 3.05) is 65.2 Å². The molecule has 6 heterocycles. The first-order valence-corrected chi connectivity index (χ1v) is 23.5. The summed E-state index contributed by atoms with van der Waals surface area (Å²) in [6.45, 7) is 9.22. The number of amides is 4. The number of sulfone groups is 1. The van der Waals surface area contributed by atoms with E-state index in [-0.39, 0.29) is 59.5 Å². The Morgan fingerprint density at radius 1 is 0.935 bits per heavy atom. The highest BCUT2D eigenvalue weighted by atomic mass is 32.2. The molecule has 2 aromatic heterocycles. The Balaban J connectivity index is 0.833. The van der Waals surface area contributed by atoms with Crippen molar-refractivity contribution in [3.05, 3.63) is 71.5 Å². The van der Waals surface area contributed by atoms with E-state index >= 15 is 0 Å². The molecule has 0 aliphatic carbocycles. The fourth-order valence-electron chi connectivity index (χ4n) is 9.18. The van der Waals surface area contributed by atoms with Gasteiger partial charge in [-0.1, -0.05) is 32.4 Å². The van der Waals surface area contributed by atoms with Crippen LogP contribution in [0, 0.1) is 5.92 Å². The Kier molecular flexibility index (Phi) is 12.5. The van der Waals surface area contributed by atoms with E-state index in [1.54, 1.807) is 31.5 Å². The van der Waals surface area contributed by atoms with E-state index in [4.69, 9.17) is 14.7 Å². The van der Waals surface area contributed by atoms with Crippen molar-refractivity contribution in [2.24, 2.45) is 5.92 Å². The maximum atomic E-state index is 13.4. The van der Waals surface area contributed by atoms with Crippen LogP contribution in [0.4, 0.5) is 29.0 Å². The molecular formula is C45H55N9O7S. The predicted molar refractivity (Wildman–Crippen MR) is 238 cm³/mol. The lowest BCUT2D eigenvalue weighted by Crippen LogP contribution is -2.57. The summed E-state index contributed by atoms with van der Waals surface area (Å²) in [5, 5.41) is 11.0. The second-order valence-corrected chi connectivity index (χ2v) is 19.4. The van der Waals surface area contributed by atoms with Gasteiger partial charge in [0.05, 0.1) is 28.7 Å². The third-order valence-corrected chi connectivity index (χ3v) is 14.6. The monoisotopic (exact) mass is 865 g/mol. The van der Waals surface area contributed by atoms with Crippen LogP contribution in [0.15, 0.2) is 54.9 Å². The van der Waals surface area contributed by atoms with Crippen molar-refractivity contribution >= 4 is 73.2 Å². The van der Waals surface area contributed by atoms with Gasteiger partial charge in [0.2, 0.25) is 17.8 Å². The summed E-state index contributed by atoms with van der Waals surface area (Å²) in [5.41, 5.74) is 3.14. The van der Waals surface area contributed by atoms with E-state index in [1.807, 2.05) is 12.3 Å². The third-order valence-electron chi connectivity index (χ3n) is 12.8. The van der Waals surface area contributed by atoms with Crippen LogP contribution in [-0.4, -0.2) is 115 Å². The van der Waals surface area contributed by atoms with Gasteiger partial charge in [-0.2, -0.15) is 4.98 Å². The van der Waals surface area contributed by atoms with Crippen molar-refractivity contribution in [3.63, 3.8) is 0 Å². The number of nitrogens with one attached hydrogen (secondary N) is 3. The summed E-state index contributed by atoms with van der Waals surface area (Å²) in [4.78, 5) is 70.2. The fourth-order valence-corrected chi connectivity index (χ4v) is 11.0. The number of hydrogen-bond donors (Lipinski definition) is 3. The number of carbonyl (C=O) groups excluding carboxylic acids is 4. The van der Waals surface area contributed by atoms with Crippen LogP contribution in [0.25, 0.3) is 10.8 Å². The number of methoxy groups -OCH3 is 1. The standard InChI is InChI=1S/C45H55N9O7S/c1-27(2)31-11-12-36(34-24-48-39(23-33(31)34)49-38-15-19-47-45(50-38)52-20-16-30(61-4)17-21-52)53-25-29(28(53)3)26-62(59,60)22-7-5-6-18-46-35-10-8-9-32-41(35)44(58)54(43(32)57)37-13-14-40(55)51-42(37)56/h8-12,15,19,23-24,27-30,37,46H,5-7,13-14,16-18,20-22,25-26H2,1-4H3,(H,51,55,56)(H,47,48,49,50)/t28-,29-,37?/m1/s1. The largest absolute Gasteiger partial charge is 0.384 e. The molecule has 2 aromatic carbocycles. The molecule has 4 aliphatic rings. The van der Waals surface area contributed by atoms with Gasteiger partial charge in [-0.05, 0) is 86.2 Å². The molecule has 3 fully saturated rings. The second kappa shape index (κ2) is 18.0. The number of hydrogen-bond acceptors (Lipinski definition) is 14. The molecule has 16 nitrogen and oxygen atoms in total. The summed E-state index contributed by atoms with van der Waals surface area (Å²) < 4.78 is 32.2. The lowest BCUT2D eigenvalue weighted by atomic mass is 9.88. The van der Waals surface area contributed by atoms with E-state index < -0.39 is 39.5 Å². The number of ether oxygens (including phenoxy) is 1. The van der Waals surface area contributed by atoms with Gasteiger partial charge in [0.25, 0.3) is 11.8 Å². The number of benzene rings is 2. The SMILES string of the molecule is COC1CCN(c2nccc(Nc3cc4c(C(C)C)ccc(N5C[C@H](CS(=O)(=O)CCCCCNc6cccc7c6C(=O)N(C6CCC(=O)NC6=O)C7=O)[C@H]5C)c4cn3)n2)CC1. The van der Waals surface area contributed by atoms with Crippen molar-refractivity contribution in [1.29, 1.82) is 0 Å². The maximum Gasteiger partial charge on any atom is 0.264 e. The van der Waals surface area contributed by atoms with Crippen molar-refractivity contribution in [1.82, 2.24) is 25.2 Å². The molecule has 4 aromatic rings. The average molecular weight is 866 g/mol. The van der Waals surface area contributed by atoms with Gasteiger partial charge in [-0.25, -0.2) is 18.4 Å². The summed E-state index contributed by atoms with van der Waals surface area (Å²) in [6.07, 6.45) is 7.77. The van der Waals surface area contributed by atoms with Crippen LogP contribution in [0.2, 0.25) is 0 Å². The zero-order valence-corrected chi connectivity index (χ0v) is 36.5. The molecule has 0 saturated carbocycles. The molecule has 4 aliphatic heterocycles. The zero-order valence-electron chi connectivity index (χ0n) is 35.7. The van der Waals surface area contributed by atoms with Gasteiger partial charge in [0.15, 0.2) is 9.84 Å². The van der Waals surface area contributed by atoms with E-state index in [0.717, 1.165) is 47.3 Å². The zero-order chi connectivity index (χ0) is 43.7. The van der Waals surface area contributed by atoms with Gasteiger partial charge in [0, 0.05) is 80.8 Å². The molecule has 0 radical (unpaired) electrons. The van der Waals surface area contributed by atoms with Crippen LogP contribution in [0.1, 0.15) is 97.9 Å². The van der Waals surface area contributed by atoms with Crippen molar-refractivity contribution in [2.45, 2.75) is 89.8 Å². The molecule has 3 N–H and O–H groups in total. The predicted octanol–water partition coefficient (Wildman–Crippen LogP) is 5.43. The summed E-state index contributed by atoms with van der Waals surface area (Å²) >= 11 is 0. The number of fused-ring (bicyclic) bond motifs is 2. The van der Waals surface area contributed by atoms with E-state index in [1.165, 1.54) is 5.56 Å². The topological polar surface area (TPSA) is 196 Å². The highest BCUT2D eigenvalue weighted by Gasteiger charge is 2.45. The number of carbonyl (C=O) groups is 4. The Hall–Kier alpha value is -5.68. The molecule has 0 bridgehead atoms. The number of piperidine rings is 2. The Labute approximate surface area is 362 Å². The molecule has 328 valence electrons. The quantitative estimate of drug-likeness (QED) is 0.0953. The number of anilines is 5. The van der Waals surface area contributed by atoms with Crippen LogP contribution in [0.5, 0.6) is 0 Å². The van der Waals surface area contributed by atoms with E-state index in [0.29, 0.717) is 55.6 Å². The van der Waals surface area contributed by atoms with Crippen LogP contribution < -0.4 is 25.8 Å². The molecule has 8 rings (SSSR count). The Morgan fingerprint density at radius 2 is 1.74 bits per heavy atom. The van der Waals surface area contributed by atoms with E-state index in [2.05, 4.69) is 69.7 Å². The lowest BCUT2D eigenvalue weighted by molar-refractivity contribution is -0.136. The Bertz CT molecular complexity index is 2490. The van der Waals surface area contributed by atoms with Crippen LogP contribution >= 0.6 is 0 Å². The highest BCUT2D eigenvalue weighted by Crippen LogP contribution is 2.40. The molecular weight excluding hydrogens is 811 g/mol. The highest BCUT2D eigenvalue weighted by molar-refractivity contribution is 7.91. The summed E-state index contributed by atoms with van der Waals surface area (Å²) in [7, 11) is -1.55. The van der Waals surface area contributed by atoms with Gasteiger partial charge in [-0.3, -0.25) is 29.4 Å². The minimum Gasteiger partial charge on any atom is -0.384 e. The van der Waals surface area contributed by atoms with Gasteiger partial charge >= 0.3 is 0 Å². The number of imide groups is 2. The smallest absolute Gasteiger partial charge is 0.264 e. The maximum absolute atomic E-state index is 13.4. The number of pyridine rings is 1. The molecule has 3 saturated heterocycles. The number of nitrogens with zero attached hydrogens (tertiary/aromatic N) is 6. The third kappa shape index (κ3) is 8.82. The molecule has 0 spiro atoms. The first-order valence-electron chi connectivity index (χ1n) is 21.7. The molecule has 4 amide bonds. The first kappa shape index (κ1) is 43.0. The number of unbranched alkanes of at least 4 members (excludes halogenated alkanes) is 2. The Morgan fingerprint density at radius 3 is 2.48 bits per heavy atom. The van der Waals surface area contributed by atoms with Crippen molar-refractivity contribution in [3.8, 4) is 0 Å². The molecule has 3 atom stereocenters. The summed E-state index contributed by atoms with van der Waals surface area (Å²) in [6, 6.07) is 12.2. The molecule has 17 heteroatoms. The lowest BCUT2D eigenvalue weighted by Gasteiger charge is -2.48. The summed E-state index contributed by atoms with van der Waals surface area (Å²) in [5.74, 6) is 0.324. The second-order valence-electron chi connectivity index (χ2n) is 17.2. The van der Waals surface area contributed by atoms with Crippen LogP contribution in [-0.2, 0) is 24.2 Å². The number of rotatable bonds is 16. The number of aromatic nitrogens is 3. The van der Waals surface area contributed by atoms with Gasteiger partial charge < -0.3 is 25.2 Å².